The first-order chi connectivity index (χ1) is 3.27. The van der Waals surface area contributed by atoms with Crippen molar-refractivity contribution in [2.24, 2.45) is 0 Å². The van der Waals surface area contributed by atoms with Crippen LogP contribution in [0.25, 0.3) is 0 Å². The van der Waals surface area contributed by atoms with Gasteiger partial charge < -0.3 is 4.55 Å². The van der Waals surface area contributed by atoms with Crippen LogP contribution in [0, 0.1) is 0 Å². The summed E-state index contributed by atoms with van der Waals surface area (Å²) in [5.41, 5.74) is 0. The molecule has 0 saturated carbocycles. The van der Waals surface area contributed by atoms with Gasteiger partial charge in [-0.2, -0.15) is 0 Å². The molecule has 0 aromatic rings. The summed E-state index contributed by atoms with van der Waals surface area (Å²) in [4.78, 5) is 0. The molecule has 1 atom stereocenters. The van der Waals surface area contributed by atoms with E-state index in [4.69, 9.17) is 0 Å². The lowest BCUT2D eigenvalue weighted by molar-refractivity contribution is 0.551. The predicted molar refractivity (Wildman–Crippen MR) is 32.6 cm³/mol. The molecule has 0 rings (SSSR count). The van der Waals surface area contributed by atoms with Crippen molar-refractivity contribution in [1.82, 2.24) is 0 Å². The van der Waals surface area contributed by atoms with E-state index in [1.165, 1.54) is 0 Å². The molecule has 0 saturated heterocycles. The van der Waals surface area contributed by atoms with Crippen LogP contribution in [0.4, 0.5) is 0 Å². The zero-order valence-corrected chi connectivity index (χ0v) is 6.58. The van der Waals surface area contributed by atoms with Crippen molar-refractivity contribution in [2.75, 3.05) is 0 Å². The Bertz CT molecular complexity index is 66.0. The second-order valence-corrected chi connectivity index (χ2v) is 5.72. The number of rotatable bonds is 3. The maximum absolute atomic E-state index is 9.82. The van der Waals surface area contributed by atoms with E-state index in [2.05, 4.69) is 0 Å². The minimum absolute atomic E-state index is 0.737. The largest absolute Gasteiger partial charge is 0.778 e. The molecule has 0 aliphatic rings. The zero-order chi connectivity index (χ0) is 5.70. The Balaban J connectivity index is 2.82. The van der Waals surface area contributed by atoms with Gasteiger partial charge in [0.25, 0.3) is 0 Å². The summed E-state index contributed by atoms with van der Waals surface area (Å²) in [6.45, 7) is 2.00. The lowest BCUT2D eigenvalue weighted by atomic mass is 10.6. The molecule has 1 unspecified atom stereocenters. The highest BCUT2D eigenvalue weighted by Crippen LogP contribution is 1.85. The van der Waals surface area contributed by atoms with Gasteiger partial charge in [0.15, 0.2) is 0 Å². The van der Waals surface area contributed by atoms with E-state index in [0.29, 0.717) is 0 Å². The van der Waals surface area contributed by atoms with Crippen LogP contribution in [0.5, 0.6) is 0 Å². The van der Waals surface area contributed by atoms with Gasteiger partial charge in [-0.15, -0.1) is 0 Å². The van der Waals surface area contributed by atoms with Crippen LogP contribution in [0.2, 0.25) is 6.04 Å². The molecule has 0 aromatic carbocycles. The third kappa shape index (κ3) is 6.33. The van der Waals surface area contributed by atoms with Crippen molar-refractivity contribution >= 4 is 19.2 Å². The normalized spacial score (nSPS) is 15.7. The molecular formula is C3H9O2SSi-. The standard InChI is InChI=1S/C3H10O2SSi/c1-2-3-7-6(4)5/h2-3,7H2,1H3,(H,4,5)/p-1. The third-order valence-corrected chi connectivity index (χ3v) is 3.86. The summed E-state index contributed by atoms with van der Waals surface area (Å²) in [7, 11) is -2.41. The van der Waals surface area contributed by atoms with Crippen LogP contribution in [0.3, 0.4) is 0 Å². The monoisotopic (exact) mass is 137 g/mol. The third-order valence-electron chi connectivity index (χ3n) is 0.665. The summed E-state index contributed by atoms with van der Waals surface area (Å²) in [6.07, 6.45) is 1.01. The molecule has 0 fully saturated rings. The fourth-order valence-electron chi connectivity index (χ4n) is 0.262. The van der Waals surface area contributed by atoms with Gasteiger partial charge in [0, 0.05) is 0 Å². The van der Waals surface area contributed by atoms with E-state index < -0.39 is 19.2 Å². The first kappa shape index (κ1) is 7.33. The fraction of sp³-hybridized carbons (Fsp3) is 1.00. The maximum atomic E-state index is 9.82. The Morgan fingerprint density at radius 2 is 2.43 bits per heavy atom. The van der Waals surface area contributed by atoms with Crippen molar-refractivity contribution in [1.29, 1.82) is 0 Å². The minimum Gasteiger partial charge on any atom is -0.778 e. The Morgan fingerprint density at radius 1 is 1.86 bits per heavy atom. The van der Waals surface area contributed by atoms with Crippen molar-refractivity contribution < 1.29 is 8.76 Å². The minimum atomic E-state index is -1.68. The van der Waals surface area contributed by atoms with Crippen LogP contribution in [0.1, 0.15) is 13.3 Å². The van der Waals surface area contributed by atoms with Gasteiger partial charge in [0.05, 0.1) is 0 Å². The Kier molecular flexibility index (Phi) is 4.69. The molecule has 0 spiro atoms. The average molecular weight is 137 g/mol. The molecular weight excluding hydrogens is 128 g/mol. The smallest absolute Gasteiger partial charge is 0.109 e. The highest BCUT2D eigenvalue weighted by Gasteiger charge is 1.81. The van der Waals surface area contributed by atoms with Gasteiger partial charge in [-0.1, -0.05) is 29.9 Å². The lowest BCUT2D eigenvalue weighted by Crippen LogP contribution is -1.97. The summed E-state index contributed by atoms with van der Waals surface area (Å²) in [5.74, 6) is 0. The van der Waals surface area contributed by atoms with Crippen molar-refractivity contribution in [3.05, 3.63) is 0 Å². The Labute approximate surface area is 48.1 Å². The Hall–Kier alpha value is 0.327. The van der Waals surface area contributed by atoms with Gasteiger partial charge in [-0.25, -0.2) is 0 Å². The SMILES string of the molecule is CCC[SiH2]S(=O)[O-]. The van der Waals surface area contributed by atoms with Gasteiger partial charge in [0.2, 0.25) is 0 Å². The van der Waals surface area contributed by atoms with Crippen molar-refractivity contribution in [3.8, 4) is 0 Å². The van der Waals surface area contributed by atoms with E-state index in [9.17, 15) is 8.76 Å². The summed E-state index contributed by atoms with van der Waals surface area (Å²) < 4.78 is 19.6. The summed E-state index contributed by atoms with van der Waals surface area (Å²) >= 11 is 0. The molecule has 0 heterocycles. The molecule has 0 amide bonds. The van der Waals surface area contributed by atoms with Crippen LogP contribution >= 0.6 is 0 Å². The molecule has 0 aromatic heterocycles. The molecule has 0 bridgehead atoms. The van der Waals surface area contributed by atoms with Crippen LogP contribution in [-0.2, 0) is 10.5 Å². The van der Waals surface area contributed by atoms with E-state index in [1.54, 1.807) is 0 Å². The zero-order valence-electron chi connectivity index (χ0n) is 4.35. The first-order valence-electron chi connectivity index (χ1n) is 2.33. The van der Waals surface area contributed by atoms with E-state index in [0.717, 1.165) is 12.5 Å². The molecule has 0 aliphatic heterocycles. The number of hydrogen-bond acceptors (Lipinski definition) is 2. The highest BCUT2D eigenvalue weighted by molar-refractivity contribution is 8.05. The molecule has 0 radical (unpaired) electrons. The van der Waals surface area contributed by atoms with E-state index >= 15 is 0 Å². The quantitative estimate of drug-likeness (QED) is 0.398. The topological polar surface area (TPSA) is 40.1 Å². The van der Waals surface area contributed by atoms with E-state index in [1.807, 2.05) is 6.92 Å². The van der Waals surface area contributed by atoms with Gasteiger partial charge in [0.1, 0.15) is 8.67 Å². The summed E-state index contributed by atoms with van der Waals surface area (Å²) in [5, 5.41) is 0. The summed E-state index contributed by atoms with van der Waals surface area (Å²) in [6, 6.07) is 0.927. The van der Waals surface area contributed by atoms with Crippen molar-refractivity contribution in [3.63, 3.8) is 0 Å². The number of hydrogen-bond donors (Lipinski definition) is 0. The predicted octanol–water partition coefficient (Wildman–Crippen LogP) is -0.222. The molecule has 4 heteroatoms. The second kappa shape index (κ2) is 4.48. The van der Waals surface area contributed by atoms with E-state index in [-0.39, 0.29) is 0 Å². The molecule has 0 aliphatic carbocycles. The molecule has 2 nitrogen and oxygen atoms in total. The molecule has 0 N–H and O–H groups in total. The highest BCUT2D eigenvalue weighted by atomic mass is 32.4. The average Bonchev–Trinajstić information content (AvgIpc) is 1.61. The van der Waals surface area contributed by atoms with Gasteiger partial charge >= 0.3 is 0 Å². The molecule has 7 heavy (non-hydrogen) atoms. The first-order valence-corrected chi connectivity index (χ1v) is 6.31. The van der Waals surface area contributed by atoms with Crippen LogP contribution in [0.15, 0.2) is 0 Å². The molecule has 44 valence electrons. The Morgan fingerprint density at radius 3 is 2.57 bits per heavy atom. The fourth-order valence-corrected chi connectivity index (χ4v) is 2.36. The second-order valence-electron chi connectivity index (χ2n) is 1.36. The lowest BCUT2D eigenvalue weighted by Gasteiger charge is -1.99. The van der Waals surface area contributed by atoms with Crippen molar-refractivity contribution in [2.45, 2.75) is 19.4 Å². The van der Waals surface area contributed by atoms with Crippen LogP contribution < -0.4 is 0 Å². The van der Waals surface area contributed by atoms with Crippen LogP contribution in [-0.4, -0.2) is 17.4 Å². The van der Waals surface area contributed by atoms with Gasteiger partial charge in [-0.05, 0) is 0 Å². The van der Waals surface area contributed by atoms with Gasteiger partial charge in [-0.3, -0.25) is 4.21 Å². The maximum Gasteiger partial charge on any atom is 0.109 e.